The van der Waals surface area contributed by atoms with Crippen LogP contribution in [-0.2, 0) is 10.0 Å². The summed E-state index contributed by atoms with van der Waals surface area (Å²) in [5.41, 5.74) is 0.939. The standard InChI is InChI=1S/C22H25FN2O4S/c1-16(26)18-4-8-21(9-5-18)30(28,29)24-13-10-17-11-14-25(15-12-17)22(27)19-2-6-20(23)7-3-19/h2-9,17,24H,10-15H2,1H3. The van der Waals surface area contributed by atoms with Gasteiger partial charge in [0.25, 0.3) is 5.91 Å². The first-order chi connectivity index (χ1) is 14.3. The number of halogens is 1. The zero-order chi connectivity index (χ0) is 21.7. The minimum atomic E-state index is -3.62. The molecule has 0 aromatic heterocycles. The lowest BCUT2D eigenvalue weighted by Crippen LogP contribution is -2.39. The summed E-state index contributed by atoms with van der Waals surface area (Å²) in [6.07, 6.45) is 2.27. The lowest BCUT2D eigenvalue weighted by Gasteiger charge is -2.32. The van der Waals surface area contributed by atoms with Crippen LogP contribution in [0.5, 0.6) is 0 Å². The van der Waals surface area contributed by atoms with Gasteiger partial charge in [0, 0.05) is 30.8 Å². The summed E-state index contributed by atoms with van der Waals surface area (Å²) < 4.78 is 40.4. The highest BCUT2D eigenvalue weighted by Crippen LogP contribution is 2.22. The summed E-state index contributed by atoms with van der Waals surface area (Å²) in [7, 11) is -3.62. The molecule has 0 saturated carbocycles. The Bertz CT molecular complexity index is 996. The monoisotopic (exact) mass is 432 g/mol. The molecule has 8 heteroatoms. The summed E-state index contributed by atoms with van der Waals surface area (Å²) in [5, 5.41) is 0. The summed E-state index contributed by atoms with van der Waals surface area (Å²) >= 11 is 0. The molecular weight excluding hydrogens is 407 g/mol. The molecule has 160 valence electrons. The van der Waals surface area contributed by atoms with Crippen molar-refractivity contribution in [2.75, 3.05) is 19.6 Å². The van der Waals surface area contributed by atoms with Crippen molar-refractivity contribution in [3.05, 3.63) is 65.5 Å². The van der Waals surface area contributed by atoms with Crippen molar-refractivity contribution < 1.29 is 22.4 Å². The van der Waals surface area contributed by atoms with Crippen molar-refractivity contribution >= 4 is 21.7 Å². The van der Waals surface area contributed by atoms with Gasteiger partial charge >= 0.3 is 0 Å². The van der Waals surface area contributed by atoms with Gasteiger partial charge in [0.2, 0.25) is 10.0 Å². The Morgan fingerprint density at radius 2 is 1.57 bits per heavy atom. The highest BCUT2D eigenvalue weighted by atomic mass is 32.2. The third kappa shape index (κ3) is 5.52. The number of piperidine rings is 1. The molecule has 1 aliphatic rings. The van der Waals surface area contributed by atoms with Gasteiger partial charge in [-0.3, -0.25) is 9.59 Å². The fraction of sp³-hybridized carbons (Fsp3) is 0.364. The molecule has 1 fully saturated rings. The van der Waals surface area contributed by atoms with Crippen molar-refractivity contribution in [3.63, 3.8) is 0 Å². The van der Waals surface area contributed by atoms with Gasteiger partial charge in [0.1, 0.15) is 5.82 Å². The molecule has 30 heavy (non-hydrogen) atoms. The second kappa shape index (κ2) is 9.49. The van der Waals surface area contributed by atoms with Crippen molar-refractivity contribution in [1.29, 1.82) is 0 Å². The van der Waals surface area contributed by atoms with Gasteiger partial charge < -0.3 is 4.90 Å². The van der Waals surface area contributed by atoms with Crippen molar-refractivity contribution in [1.82, 2.24) is 9.62 Å². The Hall–Kier alpha value is -2.58. The predicted octanol–water partition coefficient (Wildman–Crippen LogP) is 3.25. The van der Waals surface area contributed by atoms with Gasteiger partial charge in [-0.05, 0) is 68.5 Å². The Morgan fingerprint density at radius 1 is 1.00 bits per heavy atom. The quantitative estimate of drug-likeness (QED) is 0.681. The van der Waals surface area contributed by atoms with Crippen LogP contribution in [0.3, 0.4) is 0 Å². The average molecular weight is 433 g/mol. The van der Waals surface area contributed by atoms with E-state index in [0.29, 0.717) is 43.1 Å². The highest BCUT2D eigenvalue weighted by Gasteiger charge is 2.24. The summed E-state index contributed by atoms with van der Waals surface area (Å²) in [6, 6.07) is 11.4. The molecule has 3 rings (SSSR count). The molecule has 1 amide bonds. The van der Waals surface area contributed by atoms with E-state index in [1.165, 1.54) is 55.5 Å². The first-order valence-electron chi connectivity index (χ1n) is 9.92. The van der Waals surface area contributed by atoms with E-state index in [1.807, 2.05) is 0 Å². The summed E-state index contributed by atoms with van der Waals surface area (Å²) in [4.78, 5) is 25.7. The number of nitrogens with one attached hydrogen (secondary N) is 1. The first-order valence-corrected chi connectivity index (χ1v) is 11.4. The van der Waals surface area contributed by atoms with Crippen molar-refractivity contribution in [3.8, 4) is 0 Å². The number of ketones is 1. The molecule has 6 nitrogen and oxygen atoms in total. The van der Waals surface area contributed by atoms with Crippen LogP contribution < -0.4 is 4.72 Å². The van der Waals surface area contributed by atoms with Crippen LogP contribution in [0, 0.1) is 11.7 Å². The Morgan fingerprint density at radius 3 is 2.13 bits per heavy atom. The van der Waals surface area contributed by atoms with Gasteiger partial charge in [-0.1, -0.05) is 12.1 Å². The topological polar surface area (TPSA) is 83.6 Å². The maximum atomic E-state index is 13.0. The molecule has 1 heterocycles. The first kappa shape index (κ1) is 22.1. The van der Waals surface area contributed by atoms with Crippen molar-refractivity contribution in [2.24, 2.45) is 5.92 Å². The number of rotatable bonds is 7. The Kier molecular flexibility index (Phi) is 6.99. The summed E-state index contributed by atoms with van der Waals surface area (Å²) in [6.45, 7) is 2.94. The number of benzene rings is 2. The fourth-order valence-electron chi connectivity index (χ4n) is 3.55. The molecule has 0 bridgehead atoms. The number of nitrogens with zero attached hydrogens (tertiary/aromatic N) is 1. The zero-order valence-electron chi connectivity index (χ0n) is 16.8. The smallest absolute Gasteiger partial charge is 0.253 e. The molecule has 2 aromatic rings. The van der Waals surface area contributed by atoms with E-state index in [4.69, 9.17) is 0 Å². The highest BCUT2D eigenvalue weighted by molar-refractivity contribution is 7.89. The molecule has 0 aliphatic carbocycles. The Balaban J connectivity index is 1.45. The van der Waals surface area contributed by atoms with E-state index in [0.717, 1.165) is 12.8 Å². The molecule has 1 saturated heterocycles. The van der Waals surface area contributed by atoms with Gasteiger partial charge in [0.05, 0.1) is 4.90 Å². The van der Waals surface area contributed by atoms with Crippen LogP contribution >= 0.6 is 0 Å². The second-order valence-electron chi connectivity index (χ2n) is 7.51. The largest absolute Gasteiger partial charge is 0.339 e. The van der Waals surface area contributed by atoms with Gasteiger partial charge in [-0.15, -0.1) is 0 Å². The van der Waals surface area contributed by atoms with E-state index in [-0.39, 0.29) is 22.4 Å². The lowest BCUT2D eigenvalue weighted by molar-refractivity contribution is 0.0687. The van der Waals surface area contributed by atoms with Crippen LogP contribution in [0.25, 0.3) is 0 Å². The predicted molar refractivity (Wildman–Crippen MR) is 111 cm³/mol. The number of hydrogen-bond donors (Lipinski definition) is 1. The number of Topliss-reactive ketones (excluding diaryl/α,β-unsaturated/α-hetero) is 1. The van der Waals surface area contributed by atoms with Gasteiger partial charge in [-0.2, -0.15) is 0 Å². The van der Waals surface area contributed by atoms with Crippen LogP contribution in [-0.4, -0.2) is 44.6 Å². The van der Waals surface area contributed by atoms with Crippen LogP contribution in [0.15, 0.2) is 53.4 Å². The maximum absolute atomic E-state index is 13.0. The SMILES string of the molecule is CC(=O)c1ccc(S(=O)(=O)NCCC2CCN(C(=O)c3ccc(F)cc3)CC2)cc1. The minimum absolute atomic E-state index is 0.108. The fourth-order valence-corrected chi connectivity index (χ4v) is 4.60. The third-order valence-electron chi connectivity index (χ3n) is 5.41. The molecule has 0 unspecified atom stereocenters. The van der Waals surface area contributed by atoms with E-state index < -0.39 is 10.0 Å². The number of carbonyl (C=O) groups excluding carboxylic acids is 2. The van der Waals surface area contributed by atoms with E-state index in [9.17, 15) is 22.4 Å². The number of sulfonamides is 1. The van der Waals surface area contributed by atoms with Crippen LogP contribution in [0.4, 0.5) is 4.39 Å². The van der Waals surface area contributed by atoms with E-state index >= 15 is 0 Å². The Labute approximate surface area is 176 Å². The molecule has 1 N–H and O–H groups in total. The van der Waals surface area contributed by atoms with Crippen LogP contribution in [0.1, 0.15) is 46.9 Å². The maximum Gasteiger partial charge on any atom is 0.253 e. The average Bonchev–Trinajstić information content (AvgIpc) is 2.74. The molecule has 0 radical (unpaired) electrons. The zero-order valence-corrected chi connectivity index (χ0v) is 17.6. The molecule has 0 spiro atoms. The number of carbonyl (C=O) groups is 2. The summed E-state index contributed by atoms with van der Waals surface area (Å²) in [5.74, 6) is -0.271. The molecular formula is C22H25FN2O4S. The number of amides is 1. The van der Waals surface area contributed by atoms with Gasteiger partial charge in [-0.25, -0.2) is 17.5 Å². The molecule has 0 atom stereocenters. The van der Waals surface area contributed by atoms with Gasteiger partial charge in [0.15, 0.2) is 5.78 Å². The van der Waals surface area contributed by atoms with E-state index in [1.54, 1.807) is 4.90 Å². The molecule has 1 aliphatic heterocycles. The lowest BCUT2D eigenvalue weighted by atomic mass is 9.93. The molecule has 2 aromatic carbocycles. The number of likely N-dealkylation sites (tertiary alicyclic amines) is 1. The third-order valence-corrected chi connectivity index (χ3v) is 6.89. The number of hydrogen-bond acceptors (Lipinski definition) is 4. The van der Waals surface area contributed by atoms with Crippen molar-refractivity contribution in [2.45, 2.75) is 31.1 Å². The van der Waals surface area contributed by atoms with Crippen LogP contribution in [0.2, 0.25) is 0 Å². The minimum Gasteiger partial charge on any atom is -0.339 e. The van der Waals surface area contributed by atoms with E-state index in [2.05, 4.69) is 4.72 Å². The second-order valence-corrected chi connectivity index (χ2v) is 9.28. The normalized spacial score (nSPS) is 15.2.